The zero-order chi connectivity index (χ0) is 13.3. The number of halogens is 1. The van der Waals surface area contributed by atoms with Crippen LogP contribution in [0.4, 0.5) is 0 Å². The summed E-state index contributed by atoms with van der Waals surface area (Å²) in [6.45, 7) is 5.39. The number of benzene rings is 1. The monoisotopic (exact) mass is 267 g/mol. The van der Waals surface area contributed by atoms with Crippen molar-refractivity contribution >= 4 is 22.5 Å². The molecule has 0 spiro atoms. The molecule has 18 heavy (non-hydrogen) atoms. The number of aliphatic hydroxyl groups is 1. The van der Waals surface area contributed by atoms with Gasteiger partial charge in [0.15, 0.2) is 0 Å². The van der Waals surface area contributed by atoms with Crippen LogP contribution in [0.25, 0.3) is 10.9 Å². The average molecular weight is 268 g/mol. The zero-order valence-electron chi connectivity index (χ0n) is 11.0. The molecule has 0 bridgehead atoms. The van der Waals surface area contributed by atoms with Gasteiger partial charge in [0.1, 0.15) is 5.15 Å². The van der Waals surface area contributed by atoms with Crippen LogP contribution in [0.2, 0.25) is 5.15 Å². The summed E-state index contributed by atoms with van der Waals surface area (Å²) in [6, 6.07) is 4.21. The molecule has 0 radical (unpaired) electrons. The maximum atomic E-state index is 9.49. The van der Waals surface area contributed by atoms with Crippen LogP contribution in [0.5, 0.6) is 0 Å². The molecule has 0 unspecified atom stereocenters. The number of fused-ring (bicyclic) bond motifs is 1. The van der Waals surface area contributed by atoms with Crippen LogP contribution < -0.4 is 0 Å². The SMILES string of the molecule is COCCn1c(Cl)c(CO)c2cc(C)c(C)cc21. The van der Waals surface area contributed by atoms with Gasteiger partial charge in [0, 0.05) is 30.1 Å². The Morgan fingerprint density at radius 2 is 1.94 bits per heavy atom. The summed E-state index contributed by atoms with van der Waals surface area (Å²) in [5, 5.41) is 11.1. The fraction of sp³-hybridized carbons (Fsp3) is 0.429. The van der Waals surface area contributed by atoms with Gasteiger partial charge in [0.25, 0.3) is 0 Å². The fourth-order valence-corrected chi connectivity index (χ4v) is 2.53. The van der Waals surface area contributed by atoms with Crippen molar-refractivity contribution < 1.29 is 9.84 Å². The van der Waals surface area contributed by atoms with E-state index < -0.39 is 0 Å². The molecule has 0 amide bonds. The first-order valence-electron chi connectivity index (χ1n) is 5.97. The van der Waals surface area contributed by atoms with Gasteiger partial charge in [-0.2, -0.15) is 0 Å². The normalized spacial score (nSPS) is 11.4. The molecule has 0 saturated heterocycles. The van der Waals surface area contributed by atoms with Gasteiger partial charge in [-0.3, -0.25) is 0 Å². The highest BCUT2D eigenvalue weighted by Crippen LogP contribution is 2.32. The van der Waals surface area contributed by atoms with Gasteiger partial charge in [0.2, 0.25) is 0 Å². The maximum absolute atomic E-state index is 9.49. The summed E-state index contributed by atoms with van der Waals surface area (Å²) in [6.07, 6.45) is 0. The van der Waals surface area contributed by atoms with Crippen molar-refractivity contribution in [3.63, 3.8) is 0 Å². The number of ether oxygens (including phenoxy) is 1. The molecule has 0 aliphatic carbocycles. The predicted octanol–water partition coefficient (Wildman–Crippen LogP) is 3.05. The number of methoxy groups -OCH3 is 1. The van der Waals surface area contributed by atoms with Crippen LogP contribution in [0.1, 0.15) is 16.7 Å². The van der Waals surface area contributed by atoms with Crippen molar-refractivity contribution in [1.29, 1.82) is 0 Å². The molecular weight excluding hydrogens is 250 g/mol. The van der Waals surface area contributed by atoms with E-state index in [1.807, 2.05) is 4.57 Å². The first-order chi connectivity index (χ1) is 8.60. The lowest BCUT2D eigenvalue weighted by Gasteiger charge is -2.07. The number of rotatable bonds is 4. The van der Waals surface area contributed by atoms with E-state index in [1.165, 1.54) is 11.1 Å². The number of hydrogen-bond acceptors (Lipinski definition) is 2. The second-order valence-electron chi connectivity index (χ2n) is 4.53. The molecule has 2 aromatic rings. The predicted molar refractivity (Wildman–Crippen MR) is 74.2 cm³/mol. The summed E-state index contributed by atoms with van der Waals surface area (Å²) in [5.41, 5.74) is 4.28. The summed E-state index contributed by atoms with van der Waals surface area (Å²) in [4.78, 5) is 0. The minimum atomic E-state index is -0.0438. The molecule has 0 fully saturated rings. The quantitative estimate of drug-likeness (QED) is 0.924. The molecule has 1 aromatic heterocycles. The van der Waals surface area contributed by atoms with Crippen LogP contribution in [0, 0.1) is 13.8 Å². The van der Waals surface area contributed by atoms with Gasteiger partial charge in [-0.1, -0.05) is 11.6 Å². The van der Waals surface area contributed by atoms with E-state index in [0.717, 1.165) is 16.5 Å². The van der Waals surface area contributed by atoms with Gasteiger partial charge in [0.05, 0.1) is 13.2 Å². The van der Waals surface area contributed by atoms with E-state index in [-0.39, 0.29) is 6.61 Å². The van der Waals surface area contributed by atoms with Crippen molar-refractivity contribution in [2.45, 2.75) is 27.0 Å². The molecule has 0 saturated carbocycles. The molecule has 0 aliphatic heterocycles. The number of aliphatic hydroxyl groups excluding tert-OH is 1. The molecule has 1 N–H and O–H groups in total. The average Bonchev–Trinajstić information content (AvgIpc) is 2.59. The lowest BCUT2D eigenvalue weighted by atomic mass is 10.1. The lowest BCUT2D eigenvalue weighted by molar-refractivity contribution is 0.188. The molecule has 3 nitrogen and oxygen atoms in total. The fourth-order valence-electron chi connectivity index (χ4n) is 2.20. The Balaban J connectivity index is 2.68. The van der Waals surface area contributed by atoms with Gasteiger partial charge in [-0.25, -0.2) is 0 Å². The van der Waals surface area contributed by atoms with Gasteiger partial charge >= 0.3 is 0 Å². The molecule has 0 atom stereocenters. The Kier molecular flexibility index (Phi) is 3.95. The van der Waals surface area contributed by atoms with Crippen LogP contribution >= 0.6 is 11.6 Å². The Morgan fingerprint density at radius 1 is 1.28 bits per heavy atom. The van der Waals surface area contributed by atoms with E-state index in [0.29, 0.717) is 18.3 Å². The summed E-state index contributed by atoms with van der Waals surface area (Å²) in [7, 11) is 1.67. The van der Waals surface area contributed by atoms with E-state index in [9.17, 15) is 5.11 Å². The maximum Gasteiger partial charge on any atom is 0.115 e. The number of nitrogens with zero attached hydrogens (tertiary/aromatic N) is 1. The Bertz CT molecular complexity index is 575. The molecule has 98 valence electrons. The molecule has 0 aliphatic rings. The molecule has 2 rings (SSSR count). The molecule has 1 aromatic carbocycles. The number of aryl methyl sites for hydroxylation is 2. The summed E-state index contributed by atoms with van der Waals surface area (Å²) < 4.78 is 7.10. The second-order valence-corrected chi connectivity index (χ2v) is 4.88. The van der Waals surface area contributed by atoms with Gasteiger partial charge < -0.3 is 14.4 Å². The zero-order valence-corrected chi connectivity index (χ0v) is 11.7. The third kappa shape index (κ3) is 2.14. The highest BCUT2D eigenvalue weighted by atomic mass is 35.5. The van der Waals surface area contributed by atoms with Crippen molar-refractivity contribution in [3.8, 4) is 0 Å². The van der Waals surface area contributed by atoms with E-state index in [1.54, 1.807) is 7.11 Å². The number of aromatic nitrogens is 1. The van der Waals surface area contributed by atoms with Gasteiger partial charge in [-0.15, -0.1) is 0 Å². The topological polar surface area (TPSA) is 34.4 Å². The van der Waals surface area contributed by atoms with Gasteiger partial charge in [-0.05, 0) is 37.1 Å². The smallest absolute Gasteiger partial charge is 0.115 e. The molecule has 4 heteroatoms. The largest absolute Gasteiger partial charge is 0.392 e. The first kappa shape index (κ1) is 13.4. The minimum absolute atomic E-state index is 0.0438. The third-order valence-electron chi connectivity index (χ3n) is 3.39. The summed E-state index contributed by atoms with van der Waals surface area (Å²) >= 11 is 6.34. The minimum Gasteiger partial charge on any atom is -0.392 e. The van der Waals surface area contributed by atoms with Crippen molar-refractivity contribution in [1.82, 2.24) is 4.57 Å². The Morgan fingerprint density at radius 3 is 2.56 bits per heavy atom. The Hall–Kier alpha value is -1.03. The molecular formula is C14H18ClNO2. The highest BCUT2D eigenvalue weighted by molar-refractivity contribution is 6.32. The van der Waals surface area contributed by atoms with Crippen molar-refractivity contribution in [2.75, 3.05) is 13.7 Å². The third-order valence-corrected chi connectivity index (χ3v) is 3.82. The number of hydrogen-bond donors (Lipinski definition) is 1. The van der Waals surface area contributed by atoms with Crippen LogP contribution in [0.3, 0.4) is 0 Å². The highest BCUT2D eigenvalue weighted by Gasteiger charge is 2.15. The summed E-state index contributed by atoms with van der Waals surface area (Å²) in [5.74, 6) is 0. The van der Waals surface area contributed by atoms with Crippen LogP contribution in [0.15, 0.2) is 12.1 Å². The van der Waals surface area contributed by atoms with E-state index >= 15 is 0 Å². The lowest BCUT2D eigenvalue weighted by Crippen LogP contribution is -2.04. The first-order valence-corrected chi connectivity index (χ1v) is 6.35. The Labute approximate surface area is 112 Å². The van der Waals surface area contributed by atoms with Crippen LogP contribution in [-0.4, -0.2) is 23.4 Å². The van der Waals surface area contributed by atoms with E-state index in [4.69, 9.17) is 16.3 Å². The second kappa shape index (κ2) is 5.31. The molecule has 1 heterocycles. The van der Waals surface area contributed by atoms with Crippen molar-refractivity contribution in [3.05, 3.63) is 34.0 Å². The standard InChI is InChI=1S/C14H18ClNO2/c1-9-6-11-12(8-17)14(15)16(4-5-18-3)13(11)7-10(9)2/h6-7,17H,4-5,8H2,1-3H3. The van der Waals surface area contributed by atoms with Crippen LogP contribution in [-0.2, 0) is 17.9 Å². The van der Waals surface area contributed by atoms with E-state index in [2.05, 4.69) is 26.0 Å². The van der Waals surface area contributed by atoms with Crippen molar-refractivity contribution in [2.24, 2.45) is 0 Å².